The van der Waals surface area contributed by atoms with Crippen LogP contribution in [0.15, 0.2) is 0 Å². The standard InChI is InChI=1S/C10H13NO3S/c1-6-8(4-9(12)13)15-10(11-6)7-2-3-14-5-7/h7H,2-5H2,1H3,(H,12,13). The second-order valence-corrected chi connectivity index (χ2v) is 4.81. The molecule has 1 atom stereocenters. The number of carbonyl (C=O) groups is 1. The maximum Gasteiger partial charge on any atom is 0.308 e. The van der Waals surface area contributed by atoms with Gasteiger partial charge in [0.1, 0.15) is 0 Å². The minimum absolute atomic E-state index is 0.0804. The van der Waals surface area contributed by atoms with E-state index in [0.29, 0.717) is 5.92 Å². The largest absolute Gasteiger partial charge is 0.481 e. The Balaban J connectivity index is 2.16. The quantitative estimate of drug-likeness (QED) is 0.851. The lowest BCUT2D eigenvalue weighted by molar-refractivity contribution is -0.136. The van der Waals surface area contributed by atoms with E-state index in [-0.39, 0.29) is 6.42 Å². The zero-order valence-electron chi connectivity index (χ0n) is 8.52. The Bertz CT molecular complexity index is 369. The van der Waals surface area contributed by atoms with Crippen LogP contribution in [0, 0.1) is 6.92 Å². The van der Waals surface area contributed by atoms with Crippen molar-refractivity contribution in [2.75, 3.05) is 13.2 Å². The van der Waals surface area contributed by atoms with E-state index in [9.17, 15) is 4.79 Å². The van der Waals surface area contributed by atoms with Gasteiger partial charge in [-0.05, 0) is 13.3 Å². The Labute approximate surface area is 91.9 Å². The molecule has 1 aliphatic heterocycles. The highest BCUT2D eigenvalue weighted by molar-refractivity contribution is 7.12. The zero-order chi connectivity index (χ0) is 10.8. The highest BCUT2D eigenvalue weighted by Crippen LogP contribution is 2.30. The molecule has 1 aliphatic rings. The first-order chi connectivity index (χ1) is 7.16. The van der Waals surface area contributed by atoms with Gasteiger partial charge < -0.3 is 9.84 Å². The topological polar surface area (TPSA) is 59.4 Å². The molecule has 0 aliphatic carbocycles. The van der Waals surface area contributed by atoms with Gasteiger partial charge in [0.05, 0.1) is 23.7 Å². The summed E-state index contributed by atoms with van der Waals surface area (Å²) in [6.07, 6.45) is 1.08. The number of thiazole rings is 1. The van der Waals surface area contributed by atoms with Crippen molar-refractivity contribution in [1.29, 1.82) is 0 Å². The van der Waals surface area contributed by atoms with E-state index in [1.165, 1.54) is 11.3 Å². The molecule has 1 aromatic rings. The van der Waals surface area contributed by atoms with Gasteiger partial charge in [-0.3, -0.25) is 4.79 Å². The van der Waals surface area contributed by atoms with Crippen molar-refractivity contribution in [3.05, 3.63) is 15.6 Å². The summed E-state index contributed by atoms with van der Waals surface area (Å²) in [5.74, 6) is -0.424. The molecule has 1 N–H and O–H groups in total. The van der Waals surface area contributed by atoms with Crippen molar-refractivity contribution in [2.24, 2.45) is 0 Å². The Hall–Kier alpha value is -0.940. The number of aromatic nitrogens is 1. The highest BCUT2D eigenvalue weighted by Gasteiger charge is 2.22. The SMILES string of the molecule is Cc1nc(C2CCOC2)sc1CC(=O)O. The fourth-order valence-corrected chi connectivity index (χ4v) is 2.83. The molecule has 1 fully saturated rings. The molecule has 1 saturated heterocycles. The molecule has 4 nitrogen and oxygen atoms in total. The monoisotopic (exact) mass is 227 g/mol. The van der Waals surface area contributed by atoms with Gasteiger partial charge in [-0.25, -0.2) is 4.98 Å². The number of ether oxygens (including phenoxy) is 1. The van der Waals surface area contributed by atoms with Gasteiger partial charge in [0.25, 0.3) is 0 Å². The summed E-state index contributed by atoms with van der Waals surface area (Å²) in [5, 5.41) is 9.75. The molecular formula is C10H13NO3S. The number of aryl methyl sites for hydroxylation is 1. The first kappa shape index (κ1) is 10.6. The molecule has 15 heavy (non-hydrogen) atoms. The van der Waals surface area contributed by atoms with E-state index in [0.717, 1.165) is 35.2 Å². The average Bonchev–Trinajstić information content (AvgIpc) is 2.75. The van der Waals surface area contributed by atoms with Crippen LogP contribution in [0.1, 0.15) is 27.9 Å². The second-order valence-electron chi connectivity index (χ2n) is 3.69. The number of rotatable bonds is 3. The predicted octanol–water partition coefficient (Wildman–Crippen LogP) is 1.58. The molecule has 0 spiro atoms. The van der Waals surface area contributed by atoms with E-state index in [1.807, 2.05) is 6.92 Å². The van der Waals surface area contributed by atoms with Gasteiger partial charge in [0.2, 0.25) is 0 Å². The minimum atomic E-state index is -0.795. The normalized spacial score (nSPS) is 20.7. The van der Waals surface area contributed by atoms with E-state index in [1.54, 1.807) is 0 Å². The Morgan fingerprint density at radius 2 is 2.53 bits per heavy atom. The van der Waals surface area contributed by atoms with Crippen molar-refractivity contribution in [2.45, 2.75) is 25.7 Å². The van der Waals surface area contributed by atoms with Gasteiger partial charge in [-0.2, -0.15) is 0 Å². The van der Waals surface area contributed by atoms with Crippen LogP contribution in [0.3, 0.4) is 0 Å². The Morgan fingerprint density at radius 3 is 3.13 bits per heavy atom. The van der Waals surface area contributed by atoms with E-state index in [4.69, 9.17) is 9.84 Å². The number of carboxylic acids is 1. The summed E-state index contributed by atoms with van der Waals surface area (Å²) >= 11 is 1.51. The Morgan fingerprint density at radius 1 is 1.73 bits per heavy atom. The summed E-state index contributed by atoms with van der Waals surface area (Å²) in [6.45, 7) is 3.38. The second kappa shape index (κ2) is 4.28. The third kappa shape index (κ3) is 2.35. The number of hydrogen-bond donors (Lipinski definition) is 1. The van der Waals surface area contributed by atoms with Gasteiger partial charge in [0, 0.05) is 17.4 Å². The molecule has 82 valence electrons. The van der Waals surface area contributed by atoms with Crippen molar-refractivity contribution in [3.8, 4) is 0 Å². The predicted molar refractivity (Wildman–Crippen MR) is 56.4 cm³/mol. The molecule has 0 amide bonds. The molecule has 0 bridgehead atoms. The van der Waals surface area contributed by atoms with Gasteiger partial charge in [0.15, 0.2) is 0 Å². The van der Waals surface area contributed by atoms with E-state index >= 15 is 0 Å². The molecule has 1 aromatic heterocycles. The van der Waals surface area contributed by atoms with Crippen molar-refractivity contribution in [3.63, 3.8) is 0 Å². The summed E-state index contributed by atoms with van der Waals surface area (Å²) in [5.41, 5.74) is 0.851. The van der Waals surface area contributed by atoms with Crippen LogP contribution in [0.4, 0.5) is 0 Å². The third-order valence-corrected chi connectivity index (χ3v) is 3.82. The lowest BCUT2D eigenvalue weighted by atomic mass is 10.1. The van der Waals surface area contributed by atoms with Crippen molar-refractivity contribution < 1.29 is 14.6 Å². The summed E-state index contributed by atoms with van der Waals surface area (Å²) < 4.78 is 5.29. The maximum absolute atomic E-state index is 10.6. The van der Waals surface area contributed by atoms with Crippen molar-refractivity contribution in [1.82, 2.24) is 4.98 Å². The summed E-state index contributed by atoms with van der Waals surface area (Å²) in [7, 11) is 0. The van der Waals surface area contributed by atoms with Gasteiger partial charge in [-0.1, -0.05) is 0 Å². The van der Waals surface area contributed by atoms with E-state index in [2.05, 4.69) is 4.98 Å². The van der Waals surface area contributed by atoms with Crippen LogP contribution in [-0.2, 0) is 16.0 Å². The van der Waals surface area contributed by atoms with Crippen LogP contribution in [0.25, 0.3) is 0 Å². The first-order valence-corrected chi connectivity index (χ1v) is 5.74. The number of hydrogen-bond acceptors (Lipinski definition) is 4. The summed E-state index contributed by atoms with van der Waals surface area (Å²) in [6, 6.07) is 0. The Kier molecular flexibility index (Phi) is 3.02. The maximum atomic E-state index is 10.6. The average molecular weight is 227 g/mol. The number of carboxylic acid groups (broad SMARTS) is 1. The highest BCUT2D eigenvalue weighted by atomic mass is 32.1. The molecule has 2 heterocycles. The zero-order valence-corrected chi connectivity index (χ0v) is 9.34. The molecular weight excluding hydrogens is 214 g/mol. The lowest BCUT2D eigenvalue weighted by Gasteiger charge is -2.00. The molecule has 0 saturated carbocycles. The fourth-order valence-electron chi connectivity index (χ4n) is 1.66. The number of aliphatic carboxylic acids is 1. The van der Waals surface area contributed by atoms with Gasteiger partial charge in [-0.15, -0.1) is 11.3 Å². The molecule has 5 heteroatoms. The first-order valence-electron chi connectivity index (χ1n) is 4.92. The molecule has 1 unspecified atom stereocenters. The fraction of sp³-hybridized carbons (Fsp3) is 0.600. The van der Waals surface area contributed by atoms with Crippen LogP contribution in [0.5, 0.6) is 0 Å². The van der Waals surface area contributed by atoms with Crippen LogP contribution < -0.4 is 0 Å². The van der Waals surface area contributed by atoms with Crippen LogP contribution in [-0.4, -0.2) is 29.3 Å². The van der Waals surface area contributed by atoms with Crippen LogP contribution in [0.2, 0.25) is 0 Å². The lowest BCUT2D eigenvalue weighted by Crippen LogP contribution is -1.99. The van der Waals surface area contributed by atoms with E-state index < -0.39 is 5.97 Å². The van der Waals surface area contributed by atoms with Crippen LogP contribution >= 0.6 is 11.3 Å². The summed E-state index contributed by atoms with van der Waals surface area (Å²) in [4.78, 5) is 15.9. The molecule has 0 aromatic carbocycles. The van der Waals surface area contributed by atoms with Crippen molar-refractivity contribution >= 4 is 17.3 Å². The minimum Gasteiger partial charge on any atom is -0.481 e. The number of nitrogens with zero attached hydrogens (tertiary/aromatic N) is 1. The smallest absolute Gasteiger partial charge is 0.308 e. The molecule has 2 rings (SSSR count). The molecule has 0 radical (unpaired) electrons. The van der Waals surface area contributed by atoms with Gasteiger partial charge >= 0.3 is 5.97 Å². The third-order valence-electron chi connectivity index (χ3n) is 2.50.